The van der Waals surface area contributed by atoms with Gasteiger partial charge in [-0.2, -0.15) is 13.2 Å². The third kappa shape index (κ3) is 5.16. The van der Waals surface area contributed by atoms with Crippen molar-refractivity contribution in [1.82, 2.24) is 9.88 Å². The number of aromatic amines is 1. The third-order valence-corrected chi connectivity index (χ3v) is 4.34. The molecule has 1 aromatic carbocycles. The number of hydrogen-bond acceptors (Lipinski definition) is 5. The number of carbonyl (C=O) groups is 2. The molecule has 1 aromatic heterocycles. The number of nitro benzene ring substituents is 1. The van der Waals surface area contributed by atoms with E-state index in [1.54, 1.807) is 6.92 Å². The van der Waals surface area contributed by atoms with Crippen LogP contribution in [-0.2, 0) is 11.3 Å². The summed E-state index contributed by atoms with van der Waals surface area (Å²) in [6.07, 6.45) is -4.74. The lowest BCUT2D eigenvalue weighted by atomic mass is 10.1. The van der Waals surface area contributed by atoms with Crippen LogP contribution in [0.25, 0.3) is 0 Å². The zero-order valence-electron chi connectivity index (χ0n) is 16.5. The number of aromatic nitrogens is 1. The van der Waals surface area contributed by atoms with Crippen LogP contribution in [0.5, 0.6) is 0 Å². The van der Waals surface area contributed by atoms with Crippen molar-refractivity contribution in [2.24, 2.45) is 0 Å². The van der Waals surface area contributed by atoms with Gasteiger partial charge in [0.2, 0.25) is 0 Å². The van der Waals surface area contributed by atoms with Gasteiger partial charge < -0.3 is 14.6 Å². The van der Waals surface area contributed by atoms with Crippen LogP contribution in [0.2, 0.25) is 0 Å². The van der Waals surface area contributed by atoms with Crippen molar-refractivity contribution < 1.29 is 32.4 Å². The molecule has 0 atom stereocenters. The Morgan fingerprint density at radius 1 is 1.23 bits per heavy atom. The van der Waals surface area contributed by atoms with Gasteiger partial charge in [0.25, 0.3) is 11.6 Å². The van der Waals surface area contributed by atoms with Gasteiger partial charge in [-0.25, -0.2) is 4.79 Å². The van der Waals surface area contributed by atoms with Crippen LogP contribution < -0.4 is 0 Å². The van der Waals surface area contributed by atoms with Crippen molar-refractivity contribution in [3.05, 3.63) is 62.5 Å². The fourth-order valence-corrected chi connectivity index (χ4v) is 3.08. The van der Waals surface area contributed by atoms with Crippen LogP contribution in [0.3, 0.4) is 0 Å². The Morgan fingerprint density at radius 3 is 2.43 bits per heavy atom. The first-order chi connectivity index (χ1) is 14.0. The number of H-pyrrole nitrogens is 1. The maximum Gasteiger partial charge on any atom is 0.406 e. The number of rotatable bonds is 7. The summed E-state index contributed by atoms with van der Waals surface area (Å²) in [6.45, 7) is 2.33. The predicted molar refractivity (Wildman–Crippen MR) is 100 cm³/mol. The number of esters is 1. The number of para-hydroxylation sites is 1. The van der Waals surface area contributed by atoms with Crippen molar-refractivity contribution in [2.45, 2.75) is 33.5 Å². The number of hydrogen-bond donors (Lipinski definition) is 1. The molecule has 30 heavy (non-hydrogen) atoms. The molecule has 0 spiro atoms. The summed E-state index contributed by atoms with van der Waals surface area (Å²) in [7, 11) is 0. The van der Waals surface area contributed by atoms with Crippen molar-refractivity contribution in [3.8, 4) is 0 Å². The SMILES string of the molecule is CCOC(=O)c1c(C)[nH]c(C(=O)N(Cc2ccccc2[N+](=O)[O-])CC(F)(F)F)c1C. The standard InChI is InChI=1S/C19H20F3N3O5/c1-4-30-18(27)15-11(2)16(23-12(15)3)17(26)24(10-19(20,21)22)9-13-7-5-6-8-14(13)25(28)29/h5-8,23H,4,9-10H2,1-3H3. The molecule has 0 unspecified atom stereocenters. The Balaban J connectivity index is 2.46. The van der Waals surface area contributed by atoms with Gasteiger partial charge in [-0.05, 0) is 26.3 Å². The van der Waals surface area contributed by atoms with Gasteiger partial charge >= 0.3 is 12.1 Å². The predicted octanol–water partition coefficient (Wildman–Crippen LogP) is 3.92. The van der Waals surface area contributed by atoms with Crippen LogP contribution in [-0.4, -0.2) is 46.0 Å². The minimum atomic E-state index is -4.74. The number of carbonyl (C=O) groups excluding carboxylic acids is 2. The summed E-state index contributed by atoms with van der Waals surface area (Å²) < 4.78 is 44.4. The molecular weight excluding hydrogens is 407 g/mol. The molecule has 1 amide bonds. The molecule has 0 radical (unpaired) electrons. The van der Waals surface area contributed by atoms with Gasteiger partial charge in [0.1, 0.15) is 12.2 Å². The number of nitrogens with zero attached hydrogens (tertiary/aromatic N) is 2. The second-order valence-corrected chi connectivity index (χ2v) is 6.51. The van der Waals surface area contributed by atoms with E-state index in [0.29, 0.717) is 4.90 Å². The maximum atomic E-state index is 13.1. The first-order valence-electron chi connectivity index (χ1n) is 8.90. The molecule has 0 fully saturated rings. The molecule has 0 saturated carbocycles. The molecule has 2 aromatic rings. The number of amides is 1. The first-order valence-corrected chi connectivity index (χ1v) is 8.90. The van der Waals surface area contributed by atoms with E-state index in [1.165, 1.54) is 32.0 Å². The Bertz CT molecular complexity index is 969. The van der Waals surface area contributed by atoms with Crippen molar-refractivity contribution in [3.63, 3.8) is 0 Å². The van der Waals surface area contributed by atoms with Crippen LogP contribution in [0.15, 0.2) is 24.3 Å². The van der Waals surface area contributed by atoms with Gasteiger partial charge in [0.05, 0.1) is 23.6 Å². The molecule has 0 aliphatic carbocycles. The minimum absolute atomic E-state index is 0.0494. The molecule has 1 heterocycles. The van der Waals surface area contributed by atoms with E-state index in [0.717, 1.165) is 6.07 Å². The number of benzene rings is 1. The third-order valence-electron chi connectivity index (χ3n) is 4.34. The molecule has 2 rings (SSSR count). The highest BCUT2D eigenvalue weighted by molar-refractivity contribution is 6.00. The largest absolute Gasteiger partial charge is 0.462 e. The van der Waals surface area contributed by atoms with Crippen LogP contribution >= 0.6 is 0 Å². The van der Waals surface area contributed by atoms with Gasteiger partial charge in [-0.1, -0.05) is 18.2 Å². The highest BCUT2D eigenvalue weighted by Crippen LogP contribution is 2.26. The topological polar surface area (TPSA) is 106 Å². The second-order valence-electron chi connectivity index (χ2n) is 6.51. The summed E-state index contributed by atoms with van der Waals surface area (Å²) in [4.78, 5) is 38.6. The molecule has 162 valence electrons. The molecule has 0 aliphatic heterocycles. The molecule has 1 N–H and O–H groups in total. The Hall–Kier alpha value is -3.37. The smallest absolute Gasteiger partial charge is 0.406 e. The minimum Gasteiger partial charge on any atom is -0.462 e. The Labute approximate surface area is 169 Å². The molecular formula is C19H20F3N3O5. The zero-order valence-corrected chi connectivity index (χ0v) is 16.5. The lowest BCUT2D eigenvalue weighted by molar-refractivity contribution is -0.385. The zero-order chi connectivity index (χ0) is 22.6. The van der Waals surface area contributed by atoms with Crippen molar-refractivity contribution >= 4 is 17.6 Å². The summed E-state index contributed by atoms with van der Waals surface area (Å²) in [5, 5.41) is 11.2. The second kappa shape index (κ2) is 8.97. The lowest BCUT2D eigenvalue weighted by Gasteiger charge is -2.24. The van der Waals surface area contributed by atoms with Crippen molar-refractivity contribution in [1.29, 1.82) is 0 Å². The van der Waals surface area contributed by atoms with E-state index in [4.69, 9.17) is 4.74 Å². The molecule has 0 saturated heterocycles. The van der Waals surface area contributed by atoms with Gasteiger partial charge in [0, 0.05) is 17.3 Å². The number of alkyl halides is 3. The average Bonchev–Trinajstić information content (AvgIpc) is 2.94. The average molecular weight is 427 g/mol. The highest BCUT2D eigenvalue weighted by Gasteiger charge is 2.36. The fourth-order valence-electron chi connectivity index (χ4n) is 3.08. The molecule has 0 aliphatic rings. The molecule has 11 heteroatoms. The van der Waals surface area contributed by atoms with Gasteiger partial charge in [-0.3, -0.25) is 14.9 Å². The Morgan fingerprint density at radius 2 is 1.87 bits per heavy atom. The van der Waals surface area contributed by atoms with Crippen LogP contribution in [0.1, 0.15) is 44.6 Å². The highest BCUT2D eigenvalue weighted by atomic mass is 19.4. The van der Waals surface area contributed by atoms with E-state index < -0.39 is 41.8 Å². The lowest BCUT2D eigenvalue weighted by Crippen LogP contribution is -2.39. The van der Waals surface area contributed by atoms with Crippen molar-refractivity contribution in [2.75, 3.05) is 13.2 Å². The fraction of sp³-hybridized carbons (Fsp3) is 0.368. The number of nitro groups is 1. The normalized spacial score (nSPS) is 11.3. The quantitative estimate of drug-likeness (QED) is 0.410. The van der Waals surface area contributed by atoms with Gasteiger partial charge in [-0.15, -0.1) is 0 Å². The summed E-state index contributed by atoms with van der Waals surface area (Å²) in [6, 6.07) is 5.24. The van der Waals surface area contributed by atoms with Crippen LogP contribution in [0.4, 0.5) is 18.9 Å². The monoisotopic (exact) mass is 427 g/mol. The maximum absolute atomic E-state index is 13.1. The van der Waals surface area contributed by atoms with Crippen LogP contribution in [0, 0.1) is 24.0 Å². The van der Waals surface area contributed by atoms with E-state index in [-0.39, 0.29) is 34.7 Å². The van der Waals surface area contributed by atoms with Gasteiger partial charge in [0.15, 0.2) is 0 Å². The van der Waals surface area contributed by atoms with E-state index in [2.05, 4.69) is 4.98 Å². The number of nitrogens with one attached hydrogen (secondary N) is 1. The number of aryl methyl sites for hydroxylation is 1. The molecule has 0 bridgehead atoms. The van der Waals surface area contributed by atoms with E-state index in [9.17, 15) is 32.9 Å². The number of ether oxygens (including phenoxy) is 1. The van der Waals surface area contributed by atoms with E-state index in [1.807, 2.05) is 0 Å². The summed E-state index contributed by atoms with van der Waals surface area (Å²) in [5.74, 6) is -1.74. The Kier molecular flexibility index (Phi) is 6.85. The molecule has 8 nitrogen and oxygen atoms in total. The summed E-state index contributed by atoms with van der Waals surface area (Å²) >= 11 is 0. The van der Waals surface area contributed by atoms with E-state index >= 15 is 0 Å². The number of halogens is 3. The summed E-state index contributed by atoms with van der Waals surface area (Å²) in [5.41, 5.74) is -0.176. The first kappa shape index (κ1) is 22.9.